The van der Waals surface area contributed by atoms with Crippen molar-refractivity contribution in [2.45, 2.75) is 26.6 Å². The normalized spacial score (nSPS) is 11.5. The van der Waals surface area contributed by atoms with Crippen LogP contribution in [-0.4, -0.2) is 24.7 Å². The fraction of sp³-hybridized carbons (Fsp3) is 0.278. The monoisotopic (exact) mass is 408 g/mol. The second-order valence-corrected chi connectivity index (χ2v) is 6.78. The molecule has 2 heterocycles. The highest BCUT2D eigenvalue weighted by Gasteiger charge is 2.30. The maximum absolute atomic E-state index is 12.9. The Morgan fingerprint density at radius 2 is 1.93 bits per heavy atom. The molecule has 0 saturated heterocycles. The number of halogens is 3. The van der Waals surface area contributed by atoms with Crippen molar-refractivity contribution < 1.29 is 13.2 Å². The average molecular weight is 408 g/mol. The average Bonchev–Trinajstić information content (AvgIpc) is 3.11. The number of nitrogens with zero attached hydrogens (tertiary/aromatic N) is 4. The number of aromatic nitrogens is 4. The van der Waals surface area contributed by atoms with E-state index in [1.54, 1.807) is 27.7 Å². The molecule has 1 aromatic carbocycles. The molecule has 0 unspecified atom stereocenters. The van der Waals surface area contributed by atoms with Crippen molar-refractivity contribution in [3.8, 4) is 0 Å². The summed E-state index contributed by atoms with van der Waals surface area (Å²) < 4.78 is 42.0. The van der Waals surface area contributed by atoms with Gasteiger partial charge in [0.25, 0.3) is 0 Å². The zero-order valence-electron chi connectivity index (χ0n) is 15.5. The van der Waals surface area contributed by atoms with Crippen molar-refractivity contribution in [3.63, 3.8) is 0 Å². The van der Waals surface area contributed by atoms with E-state index < -0.39 is 11.7 Å². The van der Waals surface area contributed by atoms with Crippen LogP contribution in [0.25, 0.3) is 0 Å². The third-order valence-corrected chi connectivity index (χ3v) is 4.50. The minimum Gasteiger partial charge on any atom is -0.330 e. The van der Waals surface area contributed by atoms with Gasteiger partial charge in [0.1, 0.15) is 0 Å². The lowest BCUT2D eigenvalue weighted by Crippen LogP contribution is -2.20. The summed E-state index contributed by atoms with van der Waals surface area (Å²) in [6.45, 7) is 3.96. The molecule has 0 aliphatic rings. The molecular weight excluding hydrogens is 389 g/mol. The van der Waals surface area contributed by atoms with Crippen LogP contribution < -0.4 is 10.6 Å². The number of thiocarbonyl (C=S) groups is 1. The van der Waals surface area contributed by atoms with Crippen LogP contribution in [-0.2, 0) is 19.8 Å². The highest BCUT2D eigenvalue weighted by Crippen LogP contribution is 2.29. The number of rotatable bonds is 4. The third-order valence-electron chi connectivity index (χ3n) is 4.29. The lowest BCUT2D eigenvalue weighted by molar-refractivity contribution is -0.137. The lowest BCUT2D eigenvalue weighted by Gasteiger charge is -2.10. The SMILES string of the molecule is Cc1c(NC(=S)Nc2cc(C)n(Cc3cccc(C(F)(F)F)c3)n2)cnn1C. The van der Waals surface area contributed by atoms with Gasteiger partial charge in [0.05, 0.1) is 29.7 Å². The lowest BCUT2D eigenvalue weighted by atomic mass is 10.1. The summed E-state index contributed by atoms with van der Waals surface area (Å²) in [5.41, 5.74) is 2.33. The molecule has 0 spiro atoms. The van der Waals surface area contributed by atoms with Crippen molar-refractivity contribution in [2.75, 3.05) is 10.6 Å². The van der Waals surface area contributed by atoms with Gasteiger partial charge in [-0.05, 0) is 43.8 Å². The highest BCUT2D eigenvalue weighted by molar-refractivity contribution is 7.80. The van der Waals surface area contributed by atoms with Crippen molar-refractivity contribution in [2.24, 2.45) is 7.05 Å². The Balaban J connectivity index is 1.69. The van der Waals surface area contributed by atoms with Crippen LogP contribution in [0.2, 0.25) is 0 Å². The number of aryl methyl sites for hydroxylation is 2. The molecule has 2 aromatic heterocycles. The Labute approximate surface area is 165 Å². The van der Waals surface area contributed by atoms with Gasteiger partial charge in [-0.1, -0.05) is 12.1 Å². The van der Waals surface area contributed by atoms with Gasteiger partial charge in [-0.15, -0.1) is 0 Å². The summed E-state index contributed by atoms with van der Waals surface area (Å²) in [7, 11) is 1.83. The molecule has 148 valence electrons. The smallest absolute Gasteiger partial charge is 0.330 e. The number of alkyl halides is 3. The molecule has 10 heteroatoms. The van der Waals surface area contributed by atoms with Crippen LogP contribution in [0.1, 0.15) is 22.5 Å². The summed E-state index contributed by atoms with van der Waals surface area (Å²) in [6, 6.07) is 6.99. The molecule has 6 nitrogen and oxygen atoms in total. The third kappa shape index (κ3) is 4.50. The Morgan fingerprint density at radius 3 is 2.57 bits per heavy atom. The van der Waals surface area contributed by atoms with E-state index in [1.807, 2.05) is 20.9 Å². The molecular formula is C18H19F3N6S. The number of benzene rings is 1. The van der Waals surface area contributed by atoms with Gasteiger partial charge in [0.15, 0.2) is 10.9 Å². The van der Waals surface area contributed by atoms with Crippen molar-refractivity contribution >= 4 is 28.8 Å². The Morgan fingerprint density at radius 1 is 1.18 bits per heavy atom. The molecule has 0 fully saturated rings. The summed E-state index contributed by atoms with van der Waals surface area (Å²) in [5.74, 6) is 0.503. The van der Waals surface area contributed by atoms with E-state index in [2.05, 4.69) is 20.8 Å². The van der Waals surface area contributed by atoms with E-state index in [4.69, 9.17) is 12.2 Å². The van der Waals surface area contributed by atoms with E-state index in [1.165, 1.54) is 6.07 Å². The van der Waals surface area contributed by atoms with Crippen LogP contribution in [0, 0.1) is 13.8 Å². The fourth-order valence-electron chi connectivity index (χ4n) is 2.64. The molecule has 0 atom stereocenters. The number of hydrogen-bond acceptors (Lipinski definition) is 3. The number of anilines is 2. The topological polar surface area (TPSA) is 59.7 Å². The number of hydrogen-bond donors (Lipinski definition) is 2. The standard InChI is InChI=1S/C18H19F3N6S/c1-11-7-16(24-17(28)23-15-9-22-26(3)12(15)2)25-27(11)10-13-5-4-6-14(8-13)18(19,20)21/h4-9H,10H2,1-3H3,(H2,23,24,25,28). The summed E-state index contributed by atoms with van der Waals surface area (Å²) >= 11 is 5.29. The molecule has 3 rings (SSSR count). The molecule has 0 amide bonds. The quantitative estimate of drug-likeness (QED) is 0.637. The van der Waals surface area contributed by atoms with Crippen molar-refractivity contribution in [1.82, 2.24) is 19.6 Å². The van der Waals surface area contributed by atoms with Gasteiger partial charge >= 0.3 is 6.18 Å². The maximum atomic E-state index is 12.9. The largest absolute Gasteiger partial charge is 0.416 e. The Kier molecular flexibility index (Phi) is 5.41. The summed E-state index contributed by atoms with van der Waals surface area (Å²) in [5, 5.41) is 14.9. The maximum Gasteiger partial charge on any atom is 0.416 e. The van der Waals surface area contributed by atoms with E-state index in [-0.39, 0.29) is 6.54 Å². The first-order chi connectivity index (χ1) is 13.1. The molecule has 0 aliphatic carbocycles. The molecule has 3 aromatic rings. The first-order valence-corrected chi connectivity index (χ1v) is 8.81. The van der Waals surface area contributed by atoms with E-state index in [0.29, 0.717) is 16.5 Å². The molecule has 0 aliphatic heterocycles. The molecule has 0 saturated carbocycles. The van der Waals surface area contributed by atoms with Gasteiger partial charge in [-0.25, -0.2) is 0 Å². The van der Waals surface area contributed by atoms with Crippen LogP contribution in [0.15, 0.2) is 36.5 Å². The highest BCUT2D eigenvalue weighted by atomic mass is 32.1. The first kappa shape index (κ1) is 19.9. The van der Waals surface area contributed by atoms with Crippen LogP contribution >= 0.6 is 12.2 Å². The van der Waals surface area contributed by atoms with Crippen LogP contribution in [0.4, 0.5) is 24.7 Å². The van der Waals surface area contributed by atoms with E-state index in [0.717, 1.165) is 29.2 Å². The van der Waals surface area contributed by atoms with Crippen molar-refractivity contribution in [3.05, 3.63) is 59.0 Å². The van der Waals surface area contributed by atoms with Gasteiger partial charge in [0.2, 0.25) is 0 Å². The van der Waals surface area contributed by atoms with Gasteiger partial charge < -0.3 is 10.6 Å². The zero-order chi connectivity index (χ0) is 20.5. The van der Waals surface area contributed by atoms with Crippen molar-refractivity contribution in [1.29, 1.82) is 0 Å². The van der Waals surface area contributed by atoms with E-state index in [9.17, 15) is 13.2 Å². The molecule has 28 heavy (non-hydrogen) atoms. The first-order valence-electron chi connectivity index (χ1n) is 8.40. The van der Waals surface area contributed by atoms with Crippen LogP contribution in [0.5, 0.6) is 0 Å². The number of nitrogens with one attached hydrogen (secondary N) is 2. The Bertz CT molecular complexity index is 1010. The molecule has 0 radical (unpaired) electrons. The minimum atomic E-state index is -4.37. The molecule has 2 N–H and O–H groups in total. The zero-order valence-corrected chi connectivity index (χ0v) is 16.3. The predicted molar refractivity (Wildman–Crippen MR) is 105 cm³/mol. The van der Waals surface area contributed by atoms with Gasteiger partial charge in [-0.3, -0.25) is 9.36 Å². The predicted octanol–water partition coefficient (Wildman–Crippen LogP) is 4.11. The fourth-order valence-corrected chi connectivity index (χ4v) is 2.86. The Hall–Kier alpha value is -2.88. The second-order valence-electron chi connectivity index (χ2n) is 6.37. The minimum absolute atomic E-state index is 0.222. The summed E-state index contributed by atoms with van der Waals surface area (Å²) in [4.78, 5) is 0. The molecule has 0 bridgehead atoms. The summed E-state index contributed by atoms with van der Waals surface area (Å²) in [6.07, 6.45) is -2.70. The second kappa shape index (κ2) is 7.63. The van der Waals surface area contributed by atoms with Gasteiger partial charge in [-0.2, -0.15) is 23.4 Å². The van der Waals surface area contributed by atoms with E-state index >= 15 is 0 Å². The van der Waals surface area contributed by atoms with Crippen LogP contribution in [0.3, 0.4) is 0 Å². The van der Waals surface area contributed by atoms with Gasteiger partial charge in [0, 0.05) is 18.8 Å².